The van der Waals surface area contributed by atoms with E-state index in [0.29, 0.717) is 31.6 Å². The van der Waals surface area contributed by atoms with Crippen LogP contribution in [0.5, 0.6) is 11.5 Å². The number of ether oxygens (including phenoxy) is 2. The van der Waals surface area contributed by atoms with E-state index < -0.39 is 0 Å². The maximum absolute atomic E-state index is 12.2. The number of Topliss-reactive ketones (excluding diaryl/α,β-unsaturated/α-hetero) is 2. The second kappa shape index (κ2) is 25.4. The summed E-state index contributed by atoms with van der Waals surface area (Å²) in [7, 11) is 0. The molecular formula is C36H50O4. The van der Waals surface area contributed by atoms with Crippen molar-refractivity contribution < 1.29 is 19.1 Å². The fourth-order valence-electron chi connectivity index (χ4n) is 2.98. The molecule has 0 aliphatic rings. The Morgan fingerprint density at radius 3 is 1.35 bits per heavy atom. The number of hydrogen-bond donors (Lipinski definition) is 0. The molecule has 0 aromatic heterocycles. The largest absolute Gasteiger partial charge is 0.490 e. The van der Waals surface area contributed by atoms with Crippen LogP contribution < -0.4 is 9.47 Å². The molecule has 0 atom stereocenters. The lowest BCUT2D eigenvalue weighted by Gasteiger charge is -2.05. The summed E-state index contributed by atoms with van der Waals surface area (Å²) in [6.07, 6.45) is 4.33. The zero-order chi connectivity index (χ0) is 30.8. The fraction of sp³-hybridized carbons (Fsp3) is 0.333. The van der Waals surface area contributed by atoms with Gasteiger partial charge in [0.05, 0.1) is 0 Å². The lowest BCUT2D eigenvalue weighted by Crippen LogP contribution is -2.03. The maximum Gasteiger partial charge on any atom is 0.167 e. The van der Waals surface area contributed by atoms with Crippen molar-refractivity contribution in [1.29, 1.82) is 0 Å². The highest BCUT2D eigenvalue weighted by Crippen LogP contribution is 2.15. The molecule has 0 bridgehead atoms. The normalized spacial score (nSPS) is 8.80. The summed E-state index contributed by atoms with van der Waals surface area (Å²) >= 11 is 0. The van der Waals surface area contributed by atoms with Crippen LogP contribution in [0, 0.1) is 6.92 Å². The summed E-state index contributed by atoms with van der Waals surface area (Å²) in [6.45, 7) is 24.0. The van der Waals surface area contributed by atoms with Crippen molar-refractivity contribution in [3.63, 3.8) is 0 Å². The molecule has 3 aromatic rings. The van der Waals surface area contributed by atoms with Gasteiger partial charge in [-0.1, -0.05) is 104 Å². The maximum atomic E-state index is 12.2. The van der Waals surface area contributed by atoms with Gasteiger partial charge in [-0.3, -0.25) is 9.59 Å². The number of hydrogen-bond acceptors (Lipinski definition) is 4. The lowest BCUT2D eigenvalue weighted by atomic mass is 10.0. The van der Waals surface area contributed by atoms with Crippen LogP contribution in [0.4, 0.5) is 0 Å². The first-order chi connectivity index (χ1) is 19.5. The van der Waals surface area contributed by atoms with Crippen LogP contribution in [0.15, 0.2) is 98.1 Å². The van der Waals surface area contributed by atoms with E-state index in [1.54, 1.807) is 48.6 Å². The van der Waals surface area contributed by atoms with Crippen LogP contribution in [-0.2, 0) is 6.42 Å². The average molecular weight is 547 g/mol. The van der Waals surface area contributed by atoms with E-state index in [1.165, 1.54) is 5.56 Å². The van der Waals surface area contributed by atoms with E-state index in [4.69, 9.17) is 9.47 Å². The number of benzene rings is 3. The molecule has 0 saturated heterocycles. The molecule has 0 amide bonds. The molecule has 3 aromatic carbocycles. The minimum Gasteiger partial charge on any atom is -0.490 e. The molecular weight excluding hydrogens is 496 g/mol. The molecule has 0 spiro atoms. The van der Waals surface area contributed by atoms with Gasteiger partial charge < -0.3 is 9.47 Å². The molecule has 0 radical (unpaired) electrons. The molecule has 0 aliphatic carbocycles. The van der Waals surface area contributed by atoms with Crippen molar-refractivity contribution in [2.45, 2.75) is 68.2 Å². The van der Waals surface area contributed by atoms with E-state index in [1.807, 2.05) is 91.8 Å². The summed E-state index contributed by atoms with van der Waals surface area (Å²) in [4.78, 5) is 23.4. The first-order valence-corrected chi connectivity index (χ1v) is 14.3. The van der Waals surface area contributed by atoms with Gasteiger partial charge in [0.25, 0.3) is 0 Å². The predicted octanol–water partition coefficient (Wildman–Crippen LogP) is 9.91. The van der Waals surface area contributed by atoms with Crippen molar-refractivity contribution in [2.75, 3.05) is 13.2 Å². The van der Waals surface area contributed by atoms with Crippen molar-refractivity contribution >= 4 is 11.6 Å². The van der Waals surface area contributed by atoms with Crippen LogP contribution in [-0.4, -0.2) is 24.8 Å². The Bertz CT molecular complexity index is 1060. The monoisotopic (exact) mass is 546 g/mol. The first-order valence-electron chi connectivity index (χ1n) is 14.3. The lowest BCUT2D eigenvalue weighted by molar-refractivity contribution is 0.0982. The minimum atomic E-state index is 0.115. The Morgan fingerprint density at radius 2 is 1.00 bits per heavy atom. The Hall–Kier alpha value is -3.92. The zero-order valence-electron chi connectivity index (χ0n) is 26.0. The van der Waals surface area contributed by atoms with E-state index >= 15 is 0 Å². The predicted molar refractivity (Wildman–Crippen MR) is 172 cm³/mol. The standard InChI is InChI=1S/C18H18O2.C12H14O2.3C2H6/c1-3-12-20-17-10-8-16(9-11-17)18(19)13-15-6-4-14(2)5-7-15;1-3-9-14-11-7-5-10(6-8-11)12(13)4-2;3*1-2/h3-11H,1,12-13H2,2H3;3,5-8H,1,4,9H2,2H3;3*1-2H3. The summed E-state index contributed by atoms with van der Waals surface area (Å²) in [5, 5.41) is 0. The number of aryl methyl sites for hydroxylation is 1. The van der Waals surface area contributed by atoms with Gasteiger partial charge in [-0.05, 0) is 61.0 Å². The highest BCUT2D eigenvalue weighted by Gasteiger charge is 2.07. The van der Waals surface area contributed by atoms with Gasteiger partial charge >= 0.3 is 0 Å². The summed E-state index contributed by atoms with van der Waals surface area (Å²) in [5.74, 6) is 1.78. The molecule has 218 valence electrons. The van der Waals surface area contributed by atoms with E-state index in [0.717, 1.165) is 22.6 Å². The Balaban J connectivity index is 0. The minimum absolute atomic E-state index is 0.115. The average Bonchev–Trinajstić information content (AvgIpc) is 3.03. The number of carbonyl (C=O) groups is 2. The molecule has 0 aliphatic heterocycles. The van der Waals surface area contributed by atoms with E-state index in [-0.39, 0.29) is 11.6 Å². The zero-order valence-corrected chi connectivity index (χ0v) is 26.0. The van der Waals surface area contributed by atoms with Crippen molar-refractivity contribution in [2.24, 2.45) is 0 Å². The second-order valence-corrected chi connectivity index (χ2v) is 7.61. The molecule has 3 rings (SSSR count). The molecule has 0 fully saturated rings. The van der Waals surface area contributed by atoms with Gasteiger partial charge in [-0.15, -0.1) is 0 Å². The SMILES string of the molecule is C=CCOc1ccc(C(=O)CC)cc1.C=CCOc1ccc(C(=O)Cc2ccc(C)cc2)cc1.CC.CC.CC. The summed E-state index contributed by atoms with van der Waals surface area (Å²) in [5.41, 5.74) is 3.67. The molecule has 40 heavy (non-hydrogen) atoms. The van der Waals surface area contributed by atoms with Gasteiger partial charge in [0.2, 0.25) is 0 Å². The molecule has 4 nitrogen and oxygen atoms in total. The third kappa shape index (κ3) is 16.1. The molecule has 0 saturated carbocycles. The van der Waals surface area contributed by atoms with Crippen LogP contribution in [0.2, 0.25) is 0 Å². The topological polar surface area (TPSA) is 52.6 Å². The van der Waals surface area contributed by atoms with Gasteiger partial charge in [-0.2, -0.15) is 0 Å². The highest BCUT2D eigenvalue weighted by molar-refractivity contribution is 5.97. The summed E-state index contributed by atoms with van der Waals surface area (Å²) < 4.78 is 10.7. The summed E-state index contributed by atoms with van der Waals surface area (Å²) in [6, 6.07) is 22.4. The number of carbonyl (C=O) groups excluding carboxylic acids is 2. The Morgan fingerprint density at radius 1 is 0.625 bits per heavy atom. The Kier molecular flexibility index (Phi) is 24.2. The highest BCUT2D eigenvalue weighted by atomic mass is 16.5. The smallest absolute Gasteiger partial charge is 0.167 e. The van der Waals surface area contributed by atoms with Crippen molar-refractivity contribution in [3.8, 4) is 11.5 Å². The van der Waals surface area contributed by atoms with Gasteiger partial charge in [0.1, 0.15) is 24.7 Å². The first kappa shape index (κ1) is 38.2. The molecule has 0 N–H and O–H groups in total. The van der Waals surface area contributed by atoms with Crippen molar-refractivity contribution in [1.82, 2.24) is 0 Å². The Labute approximate surface area is 243 Å². The van der Waals surface area contributed by atoms with Gasteiger partial charge in [0, 0.05) is 24.0 Å². The second-order valence-electron chi connectivity index (χ2n) is 7.61. The molecule has 0 heterocycles. The molecule has 4 heteroatoms. The van der Waals surface area contributed by atoms with Crippen LogP contribution >= 0.6 is 0 Å². The van der Waals surface area contributed by atoms with E-state index in [9.17, 15) is 9.59 Å². The van der Waals surface area contributed by atoms with Crippen LogP contribution in [0.25, 0.3) is 0 Å². The quantitative estimate of drug-likeness (QED) is 0.177. The third-order valence-electron chi connectivity index (χ3n) is 4.89. The fourth-order valence-corrected chi connectivity index (χ4v) is 2.98. The van der Waals surface area contributed by atoms with Gasteiger partial charge in [-0.25, -0.2) is 0 Å². The van der Waals surface area contributed by atoms with Crippen LogP contribution in [0.1, 0.15) is 86.7 Å². The van der Waals surface area contributed by atoms with Crippen LogP contribution in [0.3, 0.4) is 0 Å². The van der Waals surface area contributed by atoms with Crippen molar-refractivity contribution in [3.05, 3.63) is 120 Å². The van der Waals surface area contributed by atoms with Gasteiger partial charge in [0.15, 0.2) is 11.6 Å². The molecule has 0 unspecified atom stereocenters. The number of ketones is 2. The number of rotatable bonds is 11. The van der Waals surface area contributed by atoms with E-state index in [2.05, 4.69) is 13.2 Å². The third-order valence-corrected chi connectivity index (χ3v) is 4.89.